The first kappa shape index (κ1) is 19.4. The number of aromatic nitrogens is 2. The van der Waals surface area contributed by atoms with Gasteiger partial charge in [-0.2, -0.15) is 5.10 Å². The van der Waals surface area contributed by atoms with Crippen molar-refractivity contribution >= 4 is 5.91 Å². The van der Waals surface area contributed by atoms with E-state index in [0.717, 1.165) is 50.3 Å². The van der Waals surface area contributed by atoms with E-state index in [-0.39, 0.29) is 5.92 Å². The van der Waals surface area contributed by atoms with E-state index in [9.17, 15) is 4.79 Å². The molecule has 6 nitrogen and oxygen atoms in total. The summed E-state index contributed by atoms with van der Waals surface area (Å²) in [7, 11) is 4.17. The molecule has 0 radical (unpaired) electrons. The summed E-state index contributed by atoms with van der Waals surface area (Å²) >= 11 is 0. The molecule has 0 unspecified atom stereocenters. The van der Waals surface area contributed by atoms with E-state index in [1.165, 1.54) is 31.5 Å². The molecule has 0 spiro atoms. The lowest BCUT2D eigenvalue weighted by Crippen LogP contribution is -2.50. The summed E-state index contributed by atoms with van der Waals surface area (Å²) in [4.78, 5) is 19.9. The average molecular weight is 362 g/mol. The number of likely N-dealkylation sites (N-methyl/N-ethyl adjacent to an activating group) is 1. The summed E-state index contributed by atoms with van der Waals surface area (Å²) in [5.41, 5.74) is 3.42. The topological polar surface area (TPSA) is 55.5 Å². The van der Waals surface area contributed by atoms with Gasteiger partial charge in [0, 0.05) is 31.9 Å². The minimum absolute atomic E-state index is 0.167. The van der Waals surface area contributed by atoms with Gasteiger partial charge < -0.3 is 9.80 Å². The Kier molecular flexibility index (Phi) is 6.35. The van der Waals surface area contributed by atoms with Crippen molar-refractivity contribution < 1.29 is 4.79 Å². The van der Waals surface area contributed by atoms with Crippen LogP contribution in [0, 0.1) is 19.8 Å². The monoisotopic (exact) mass is 361 g/mol. The van der Waals surface area contributed by atoms with Gasteiger partial charge in [0.15, 0.2) is 0 Å². The van der Waals surface area contributed by atoms with Gasteiger partial charge in [-0.1, -0.05) is 0 Å². The summed E-state index contributed by atoms with van der Waals surface area (Å²) in [5.74, 6) is 0.487. The number of hydrogen-bond donors (Lipinski definition) is 1. The van der Waals surface area contributed by atoms with Crippen molar-refractivity contribution in [3.63, 3.8) is 0 Å². The molecular weight excluding hydrogens is 326 g/mol. The highest BCUT2D eigenvalue weighted by Crippen LogP contribution is 2.24. The molecule has 2 fully saturated rings. The molecule has 2 saturated heterocycles. The lowest BCUT2D eigenvalue weighted by atomic mass is 9.93. The minimum Gasteiger partial charge on any atom is -0.345 e. The molecule has 0 aromatic carbocycles. The second kappa shape index (κ2) is 8.53. The van der Waals surface area contributed by atoms with Crippen LogP contribution >= 0.6 is 0 Å². The van der Waals surface area contributed by atoms with Crippen LogP contribution in [0.25, 0.3) is 0 Å². The highest BCUT2D eigenvalue weighted by molar-refractivity contribution is 5.79. The minimum atomic E-state index is 0.167. The molecule has 1 N–H and O–H groups in total. The third-order valence-corrected chi connectivity index (χ3v) is 6.36. The summed E-state index contributed by atoms with van der Waals surface area (Å²) < 4.78 is 0. The standard InChI is InChI=1S/C20H35N5O/c1-15-19(16(2)22-21-15)9-13-24(4)20(26)17-6-5-10-25(14-17)18-7-11-23(3)12-8-18/h17-18H,5-14H2,1-4H3,(H,21,22)/t17-/m1/s1. The molecule has 146 valence electrons. The van der Waals surface area contributed by atoms with Crippen LogP contribution in [0.3, 0.4) is 0 Å². The number of carbonyl (C=O) groups excluding carboxylic acids is 1. The first-order valence-electron chi connectivity index (χ1n) is 10.1. The fourth-order valence-corrected chi connectivity index (χ4v) is 4.54. The van der Waals surface area contributed by atoms with E-state index in [1.54, 1.807) is 0 Å². The normalized spacial score (nSPS) is 23.3. The van der Waals surface area contributed by atoms with E-state index in [1.807, 2.05) is 18.9 Å². The van der Waals surface area contributed by atoms with Crippen molar-refractivity contribution in [2.24, 2.45) is 5.92 Å². The Morgan fingerprint density at radius 1 is 1.23 bits per heavy atom. The number of aryl methyl sites for hydroxylation is 2. The van der Waals surface area contributed by atoms with Gasteiger partial charge in [0.05, 0.1) is 11.6 Å². The molecule has 3 rings (SSSR count). The maximum atomic E-state index is 13.0. The maximum absolute atomic E-state index is 13.0. The molecule has 6 heteroatoms. The van der Waals surface area contributed by atoms with Crippen molar-refractivity contribution in [3.8, 4) is 0 Å². The van der Waals surface area contributed by atoms with Crippen molar-refractivity contribution in [3.05, 3.63) is 17.0 Å². The number of nitrogens with one attached hydrogen (secondary N) is 1. The highest BCUT2D eigenvalue weighted by Gasteiger charge is 2.32. The molecule has 0 bridgehead atoms. The Hall–Kier alpha value is -1.40. The lowest BCUT2D eigenvalue weighted by Gasteiger charge is -2.41. The third kappa shape index (κ3) is 4.46. The van der Waals surface area contributed by atoms with Gasteiger partial charge in [0.1, 0.15) is 0 Å². The first-order valence-corrected chi connectivity index (χ1v) is 10.1. The molecule has 2 aliphatic rings. The first-order chi connectivity index (χ1) is 12.5. The van der Waals surface area contributed by atoms with Gasteiger partial charge in [-0.15, -0.1) is 0 Å². The number of rotatable bonds is 5. The van der Waals surface area contributed by atoms with Crippen molar-refractivity contribution in [2.45, 2.75) is 52.0 Å². The molecule has 0 saturated carbocycles. The molecule has 0 aliphatic carbocycles. The maximum Gasteiger partial charge on any atom is 0.226 e. The largest absolute Gasteiger partial charge is 0.345 e. The number of amides is 1. The Morgan fingerprint density at radius 3 is 2.62 bits per heavy atom. The molecule has 1 atom stereocenters. The van der Waals surface area contributed by atoms with Crippen molar-refractivity contribution in [1.82, 2.24) is 24.9 Å². The van der Waals surface area contributed by atoms with E-state index < -0.39 is 0 Å². The SMILES string of the molecule is Cc1n[nH]c(C)c1CCN(C)C(=O)[C@@H]1CCCN(C2CCN(C)CC2)C1. The van der Waals surface area contributed by atoms with Crippen LogP contribution in [0.2, 0.25) is 0 Å². The van der Waals surface area contributed by atoms with Gasteiger partial charge in [-0.05, 0) is 78.2 Å². The fraction of sp³-hybridized carbons (Fsp3) is 0.800. The smallest absolute Gasteiger partial charge is 0.226 e. The third-order valence-electron chi connectivity index (χ3n) is 6.36. The average Bonchev–Trinajstić information content (AvgIpc) is 2.97. The van der Waals surface area contributed by atoms with Crippen LogP contribution < -0.4 is 0 Å². The predicted molar refractivity (Wildman–Crippen MR) is 104 cm³/mol. The Morgan fingerprint density at radius 2 is 1.96 bits per heavy atom. The van der Waals surface area contributed by atoms with Gasteiger partial charge in [-0.25, -0.2) is 0 Å². The molecule has 1 amide bonds. The molecule has 1 aromatic heterocycles. The number of carbonyl (C=O) groups is 1. The van der Waals surface area contributed by atoms with Crippen LogP contribution in [-0.4, -0.2) is 83.7 Å². The van der Waals surface area contributed by atoms with Gasteiger partial charge in [0.25, 0.3) is 0 Å². The number of H-pyrrole nitrogens is 1. The van der Waals surface area contributed by atoms with E-state index in [4.69, 9.17) is 0 Å². The zero-order valence-electron chi connectivity index (χ0n) is 16.9. The molecule has 2 aliphatic heterocycles. The molecule has 3 heterocycles. The summed E-state index contributed by atoms with van der Waals surface area (Å²) in [6.45, 7) is 9.33. The molecule has 26 heavy (non-hydrogen) atoms. The van der Waals surface area contributed by atoms with Crippen molar-refractivity contribution in [1.29, 1.82) is 0 Å². The van der Waals surface area contributed by atoms with Crippen LogP contribution in [-0.2, 0) is 11.2 Å². The highest BCUT2D eigenvalue weighted by atomic mass is 16.2. The number of hydrogen-bond acceptors (Lipinski definition) is 4. The van der Waals surface area contributed by atoms with Crippen molar-refractivity contribution in [2.75, 3.05) is 46.8 Å². The van der Waals surface area contributed by atoms with Gasteiger partial charge in [0.2, 0.25) is 5.91 Å². The second-order valence-corrected chi connectivity index (χ2v) is 8.29. The number of likely N-dealkylation sites (tertiary alicyclic amines) is 2. The quantitative estimate of drug-likeness (QED) is 0.869. The summed E-state index contributed by atoms with van der Waals surface area (Å²) in [6, 6.07) is 0.670. The zero-order chi connectivity index (χ0) is 18.7. The van der Waals surface area contributed by atoms with Crippen LogP contribution in [0.15, 0.2) is 0 Å². The Labute approximate surface area is 157 Å². The van der Waals surface area contributed by atoms with E-state index >= 15 is 0 Å². The van der Waals surface area contributed by atoms with Gasteiger partial charge >= 0.3 is 0 Å². The summed E-state index contributed by atoms with van der Waals surface area (Å²) in [5, 5.41) is 7.29. The fourth-order valence-electron chi connectivity index (χ4n) is 4.54. The Bertz CT molecular complexity index is 586. The van der Waals surface area contributed by atoms with Gasteiger partial charge in [-0.3, -0.25) is 14.8 Å². The summed E-state index contributed by atoms with van der Waals surface area (Å²) in [6.07, 6.45) is 5.55. The van der Waals surface area contributed by atoms with Crippen LogP contribution in [0.5, 0.6) is 0 Å². The molecular formula is C20H35N5O. The molecule has 1 aromatic rings. The second-order valence-electron chi connectivity index (χ2n) is 8.29. The number of aromatic amines is 1. The number of piperidine rings is 2. The Balaban J connectivity index is 1.51. The zero-order valence-corrected chi connectivity index (χ0v) is 16.9. The predicted octanol–water partition coefficient (Wildman–Crippen LogP) is 1.83. The van der Waals surface area contributed by atoms with Crippen LogP contribution in [0.4, 0.5) is 0 Å². The van der Waals surface area contributed by atoms with E-state index in [2.05, 4.69) is 34.0 Å². The van der Waals surface area contributed by atoms with E-state index in [0.29, 0.717) is 11.9 Å². The lowest BCUT2D eigenvalue weighted by molar-refractivity contribution is -0.136. The van der Waals surface area contributed by atoms with Crippen LogP contribution in [0.1, 0.15) is 42.6 Å². The number of nitrogens with zero attached hydrogens (tertiary/aromatic N) is 4.